The first-order chi connectivity index (χ1) is 12.1. The molecule has 0 spiro atoms. The fourth-order valence-electron chi connectivity index (χ4n) is 4.30. The maximum absolute atomic E-state index is 12.7. The Morgan fingerprint density at radius 2 is 2.00 bits per heavy atom. The van der Waals surface area contributed by atoms with Crippen LogP contribution >= 0.6 is 0 Å². The molecule has 1 aromatic heterocycles. The summed E-state index contributed by atoms with van der Waals surface area (Å²) < 4.78 is 8.01. The Labute approximate surface area is 148 Å². The Hall–Kier alpha value is -2.30. The molecule has 4 rings (SSSR count). The lowest BCUT2D eigenvalue weighted by atomic mass is 9.99. The summed E-state index contributed by atoms with van der Waals surface area (Å²) in [5.74, 6) is 2.11. The lowest BCUT2D eigenvalue weighted by Crippen LogP contribution is -2.35. The molecule has 0 bridgehead atoms. The van der Waals surface area contributed by atoms with Crippen molar-refractivity contribution in [1.82, 2.24) is 14.7 Å². The molecule has 1 aliphatic heterocycles. The van der Waals surface area contributed by atoms with Crippen molar-refractivity contribution in [2.75, 3.05) is 13.1 Å². The predicted octanol–water partition coefficient (Wildman–Crippen LogP) is 2.82. The molecule has 3 atom stereocenters. The number of nitrogens with zero attached hydrogens (tertiary/aromatic N) is 3. The Balaban J connectivity index is 1.39. The van der Waals surface area contributed by atoms with Crippen LogP contribution in [-0.2, 0) is 11.3 Å². The van der Waals surface area contributed by atoms with Gasteiger partial charge < -0.3 is 9.64 Å². The molecule has 2 fully saturated rings. The maximum Gasteiger partial charge on any atom is 0.244 e. The Bertz CT molecular complexity index is 756. The number of hydrogen-bond acceptors (Lipinski definition) is 3. The summed E-state index contributed by atoms with van der Waals surface area (Å²) in [7, 11) is 0. The molecule has 25 heavy (non-hydrogen) atoms. The second-order valence-corrected chi connectivity index (χ2v) is 7.35. The molecule has 1 saturated carbocycles. The highest BCUT2D eigenvalue weighted by atomic mass is 16.5. The molecule has 1 saturated heterocycles. The van der Waals surface area contributed by atoms with Crippen LogP contribution in [0.25, 0.3) is 0 Å². The Morgan fingerprint density at radius 3 is 2.72 bits per heavy atom. The van der Waals surface area contributed by atoms with Crippen LogP contribution in [0.3, 0.4) is 0 Å². The zero-order chi connectivity index (χ0) is 17.4. The molecule has 2 aliphatic rings. The number of likely N-dealkylation sites (tertiary alicyclic amines) is 1. The summed E-state index contributed by atoms with van der Waals surface area (Å²) in [6.07, 6.45) is 2.45. The first-order valence-corrected chi connectivity index (χ1v) is 9.10. The highest BCUT2D eigenvalue weighted by Crippen LogP contribution is 2.40. The topological polar surface area (TPSA) is 47.4 Å². The molecule has 1 aromatic carbocycles. The first kappa shape index (κ1) is 16.2. The van der Waals surface area contributed by atoms with Crippen LogP contribution in [0.2, 0.25) is 0 Å². The van der Waals surface area contributed by atoms with Crippen LogP contribution in [0, 0.1) is 25.7 Å². The molecule has 0 radical (unpaired) electrons. The fraction of sp³-hybridized carbons (Fsp3) is 0.500. The molecule has 132 valence electrons. The van der Waals surface area contributed by atoms with Crippen LogP contribution in [-0.4, -0.2) is 39.8 Å². The minimum Gasteiger partial charge on any atom is -0.490 e. The third-order valence-electron chi connectivity index (χ3n) is 5.56. The fourth-order valence-corrected chi connectivity index (χ4v) is 4.30. The summed E-state index contributed by atoms with van der Waals surface area (Å²) >= 11 is 0. The summed E-state index contributed by atoms with van der Waals surface area (Å²) in [4.78, 5) is 14.7. The van der Waals surface area contributed by atoms with Gasteiger partial charge in [-0.3, -0.25) is 9.48 Å². The summed E-state index contributed by atoms with van der Waals surface area (Å²) in [5, 5.41) is 4.41. The molecule has 1 amide bonds. The van der Waals surface area contributed by atoms with Gasteiger partial charge in [0, 0.05) is 24.7 Å². The third-order valence-corrected chi connectivity index (χ3v) is 5.56. The third kappa shape index (κ3) is 3.28. The van der Waals surface area contributed by atoms with Crippen LogP contribution in [0.1, 0.15) is 24.2 Å². The summed E-state index contributed by atoms with van der Waals surface area (Å²) in [6, 6.07) is 12.0. The molecule has 2 aromatic rings. The second kappa shape index (κ2) is 6.54. The maximum atomic E-state index is 12.7. The number of rotatable bonds is 4. The Kier molecular flexibility index (Phi) is 4.24. The second-order valence-electron chi connectivity index (χ2n) is 7.35. The molecule has 0 N–H and O–H groups in total. The zero-order valence-corrected chi connectivity index (χ0v) is 14.9. The van der Waals surface area contributed by atoms with Crippen molar-refractivity contribution in [2.45, 2.75) is 39.3 Å². The predicted molar refractivity (Wildman–Crippen MR) is 95.4 cm³/mol. The molecule has 1 aliphatic carbocycles. The van der Waals surface area contributed by atoms with Gasteiger partial charge in [0.1, 0.15) is 18.4 Å². The van der Waals surface area contributed by atoms with Crippen molar-refractivity contribution in [2.24, 2.45) is 11.8 Å². The van der Waals surface area contributed by atoms with Gasteiger partial charge in [-0.25, -0.2) is 0 Å². The van der Waals surface area contributed by atoms with Gasteiger partial charge >= 0.3 is 0 Å². The Morgan fingerprint density at radius 1 is 1.20 bits per heavy atom. The van der Waals surface area contributed by atoms with Gasteiger partial charge in [0.25, 0.3) is 0 Å². The highest BCUT2D eigenvalue weighted by molar-refractivity contribution is 5.76. The molecule has 2 heterocycles. The van der Waals surface area contributed by atoms with E-state index in [1.54, 1.807) is 0 Å². The van der Waals surface area contributed by atoms with E-state index in [-0.39, 0.29) is 12.0 Å². The van der Waals surface area contributed by atoms with Crippen LogP contribution < -0.4 is 4.74 Å². The van der Waals surface area contributed by atoms with Gasteiger partial charge in [0.15, 0.2) is 0 Å². The smallest absolute Gasteiger partial charge is 0.244 e. The number of aryl methyl sites for hydroxylation is 2. The molecule has 0 unspecified atom stereocenters. The van der Waals surface area contributed by atoms with Crippen LogP contribution in [0.5, 0.6) is 5.75 Å². The average molecular weight is 339 g/mol. The lowest BCUT2D eigenvalue weighted by molar-refractivity contribution is -0.131. The van der Waals surface area contributed by atoms with Crippen LogP contribution in [0.15, 0.2) is 36.4 Å². The monoisotopic (exact) mass is 339 g/mol. The van der Waals surface area contributed by atoms with E-state index in [2.05, 4.69) is 5.10 Å². The van der Waals surface area contributed by atoms with Crippen molar-refractivity contribution in [3.8, 4) is 5.75 Å². The summed E-state index contributed by atoms with van der Waals surface area (Å²) in [6.45, 7) is 5.95. The van der Waals surface area contributed by atoms with Gasteiger partial charge in [0.05, 0.1) is 5.69 Å². The molecule has 5 nitrogen and oxygen atoms in total. The number of carbonyl (C=O) groups is 1. The highest BCUT2D eigenvalue weighted by Gasteiger charge is 2.45. The standard InChI is InChI=1S/C20H25N3O2/c1-14-10-15(2)23(21-14)13-20(24)22-11-16-8-9-19(18(16)12-22)25-17-6-4-3-5-7-17/h3-7,10,16,18-19H,8-9,11-13H2,1-2H3/t16-,18+,19-/m0/s1. The molecule has 5 heteroatoms. The number of ether oxygens (including phenoxy) is 1. The van der Waals surface area contributed by atoms with E-state index in [9.17, 15) is 4.79 Å². The van der Waals surface area contributed by atoms with Gasteiger partial charge in [-0.2, -0.15) is 5.10 Å². The van der Waals surface area contributed by atoms with E-state index in [4.69, 9.17) is 4.74 Å². The van der Waals surface area contributed by atoms with Crippen molar-refractivity contribution < 1.29 is 9.53 Å². The minimum atomic E-state index is 0.166. The quantitative estimate of drug-likeness (QED) is 0.860. The molecular formula is C20H25N3O2. The first-order valence-electron chi connectivity index (χ1n) is 9.10. The van der Waals surface area contributed by atoms with E-state index in [1.165, 1.54) is 0 Å². The zero-order valence-electron chi connectivity index (χ0n) is 14.9. The number of carbonyl (C=O) groups excluding carboxylic acids is 1. The van der Waals surface area contributed by atoms with E-state index < -0.39 is 0 Å². The van der Waals surface area contributed by atoms with E-state index >= 15 is 0 Å². The number of hydrogen-bond donors (Lipinski definition) is 0. The van der Waals surface area contributed by atoms with E-state index in [0.717, 1.165) is 43.1 Å². The normalized spacial score (nSPS) is 25.2. The van der Waals surface area contributed by atoms with Gasteiger partial charge in [-0.05, 0) is 50.8 Å². The van der Waals surface area contributed by atoms with Crippen molar-refractivity contribution >= 4 is 5.91 Å². The number of benzene rings is 1. The van der Waals surface area contributed by atoms with Gasteiger partial charge in [-0.15, -0.1) is 0 Å². The number of amides is 1. The largest absolute Gasteiger partial charge is 0.490 e. The van der Waals surface area contributed by atoms with E-state index in [0.29, 0.717) is 18.4 Å². The number of para-hydroxylation sites is 1. The number of fused-ring (bicyclic) bond motifs is 1. The van der Waals surface area contributed by atoms with Crippen molar-refractivity contribution in [3.05, 3.63) is 47.8 Å². The van der Waals surface area contributed by atoms with Gasteiger partial charge in [0.2, 0.25) is 5.91 Å². The van der Waals surface area contributed by atoms with E-state index in [1.807, 2.05) is 59.8 Å². The number of aromatic nitrogens is 2. The average Bonchev–Trinajstić information content (AvgIpc) is 3.25. The van der Waals surface area contributed by atoms with Crippen LogP contribution in [0.4, 0.5) is 0 Å². The van der Waals surface area contributed by atoms with Crippen molar-refractivity contribution in [1.29, 1.82) is 0 Å². The summed E-state index contributed by atoms with van der Waals surface area (Å²) in [5.41, 5.74) is 2.00. The lowest BCUT2D eigenvalue weighted by Gasteiger charge is -2.22. The van der Waals surface area contributed by atoms with Gasteiger partial charge in [-0.1, -0.05) is 18.2 Å². The SMILES string of the molecule is Cc1cc(C)n(CC(=O)N2C[C@@H]3CC[C@H](Oc4ccccc4)[C@@H]3C2)n1. The van der Waals surface area contributed by atoms with Crippen molar-refractivity contribution in [3.63, 3.8) is 0 Å². The molecular weight excluding hydrogens is 314 g/mol. The minimum absolute atomic E-state index is 0.166.